The molecule has 0 aliphatic carbocycles. The molecule has 9 aliphatic rings. The molecular formula is C72H114Cl3N11O9V. The van der Waals surface area contributed by atoms with Crippen LogP contribution in [0.2, 0.25) is 0 Å². The van der Waals surface area contributed by atoms with Gasteiger partial charge in [-0.05, 0) is 103 Å². The molecule has 8 saturated heterocycles. The molecule has 0 bridgehead atoms. The van der Waals surface area contributed by atoms with Crippen molar-refractivity contribution < 1.29 is 62.0 Å². The number of carbonyl (C=O) groups excluding carboxylic acids is 2. The Labute approximate surface area is 600 Å². The number of nitrogens with one attached hydrogen (secondary N) is 4. The minimum Gasteiger partial charge on any atom is -0.388 e. The molecule has 2 aromatic heterocycles. The zero-order chi connectivity index (χ0) is 67.7. The summed E-state index contributed by atoms with van der Waals surface area (Å²) in [4.78, 5) is 39.2. The van der Waals surface area contributed by atoms with E-state index in [0.29, 0.717) is 86.3 Å². The van der Waals surface area contributed by atoms with E-state index in [0.717, 1.165) is 161 Å². The third-order valence-corrected chi connectivity index (χ3v) is 19.5. The van der Waals surface area contributed by atoms with Gasteiger partial charge in [0.05, 0.1) is 59.7 Å². The number of ether oxygens (including phenoxy) is 5. The fraction of sp³-hybridized carbons (Fsp3) is 0.667. The van der Waals surface area contributed by atoms with Crippen molar-refractivity contribution in [1.82, 2.24) is 50.3 Å². The van der Waals surface area contributed by atoms with Gasteiger partial charge in [-0.3, -0.25) is 39.3 Å². The molecule has 0 saturated carbocycles. The SMILES string of the molecule is C.C1CC2(CCO1)CO2.C=C1CCOCC1.CC1(C)c2[nH]nc(NC(=O)c3ccccn3)c2CN1C(=O)Cl.C[C@@H]1CN(Cc2ccccc2)[C@@H](C)CN1.C[C@@H]1CN(Cc2ccccc2)[C@@H](C)CN1CC1(O)CCOCC1.C[C@@H]1CN[C@@H](C)CN1CC1(O)CCOCC1.ClCCl.[V]. The van der Waals surface area contributed by atoms with Crippen LogP contribution in [-0.4, -0.2) is 231 Å². The molecule has 9 aliphatic heterocycles. The number of piperazine rings is 3. The molecule has 11 heterocycles. The van der Waals surface area contributed by atoms with Gasteiger partial charge in [-0.2, -0.15) is 5.10 Å². The van der Waals surface area contributed by atoms with Gasteiger partial charge in [0.1, 0.15) is 5.69 Å². The van der Waals surface area contributed by atoms with E-state index in [-0.39, 0.29) is 37.2 Å². The second-order valence-electron chi connectivity index (χ2n) is 27.4. The number of carbonyl (C=O) groups is 2. The predicted octanol–water partition coefficient (Wildman–Crippen LogP) is 10.6. The average Bonchev–Trinajstić information content (AvgIpc) is 1.59. The van der Waals surface area contributed by atoms with E-state index in [1.165, 1.54) is 21.6 Å². The number of benzene rings is 2. The minimum absolute atomic E-state index is 0. The van der Waals surface area contributed by atoms with Crippen LogP contribution >= 0.6 is 34.8 Å². The van der Waals surface area contributed by atoms with Gasteiger partial charge in [0, 0.05) is 210 Å². The Bertz CT molecular complexity index is 2840. The number of aromatic nitrogens is 3. The first-order chi connectivity index (χ1) is 45.0. The first kappa shape index (κ1) is 83.1. The molecule has 8 fully saturated rings. The molecule has 6 N–H and O–H groups in total. The molecule has 13 rings (SSSR count). The van der Waals surface area contributed by atoms with Crippen molar-refractivity contribution in [2.24, 2.45) is 0 Å². The summed E-state index contributed by atoms with van der Waals surface area (Å²) in [7, 11) is 0. The molecule has 20 nitrogen and oxygen atoms in total. The van der Waals surface area contributed by atoms with E-state index in [1.54, 1.807) is 24.4 Å². The van der Waals surface area contributed by atoms with E-state index in [9.17, 15) is 19.8 Å². The molecule has 96 heavy (non-hydrogen) atoms. The molecule has 24 heteroatoms. The van der Waals surface area contributed by atoms with Crippen LogP contribution in [0.5, 0.6) is 0 Å². The summed E-state index contributed by atoms with van der Waals surface area (Å²) in [6.07, 6.45) is 8.99. The quantitative estimate of drug-likeness (QED) is 0.0286. The van der Waals surface area contributed by atoms with Crippen LogP contribution in [0.25, 0.3) is 0 Å². The number of rotatable bonds is 10. The van der Waals surface area contributed by atoms with Crippen molar-refractivity contribution in [2.45, 2.75) is 192 Å². The number of fused-ring (bicyclic) bond motifs is 1. The van der Waals surface area contributed by atoms with E-state index < -0.39 is 22.1 Å². The summed E-state index contributed by atoms with van der Waals surface area (Å²) in [5, 5.41) is 37.6. The molecule has 2 amide bonds. The monoisotopic (exact) mass is 1430 g/mol. The second kappa shape index (κ2) is 41.4. The van der Waals surface area contributed by atoms with Crippen molar-refractivity contribution >= 4 is 51.9 Å². The fourth-order valence-corrected chi connectivity index (χ4v) is 13.2. The number of anilines is 1. The number of aromatic amines is 1. The van der Waals surface area contributed by atoms with Crippen LogP contribution in [-0.2, 0) is 67.4 Å². The summed E-state index contributed by atoms with van der Waals surface area (Å²) in [5.41, 5.74) is 4.56. The van der Waals surface area contributed by atoms with Gasteiger partial charge in [0.15, 0.2) is 5.82 Å². The number of epoxide rings is 1. The second-order valence-corrected chi connectivity index (χ2v) is 28.5. The molecule has 1 radical (unpaired) electrons. The number of H-pyrrole nitrogens is 1. The van der Waals surface area contributed by atoms with Gasteiger partial charge in [-0.25, -0.2) is 0 Å². The van der Waals surface area contributed by atoms with Crippen molar-refractivity contribution in [3.8, 4) is 0 Å². The number of nitrogens with zero attached hydrogens (tertiary/aromatic N) is 7. The van der Waals surface area contributed by atoms with Crippen molar-refractivity contribution in [1.29, 1.82) is 0 Å². The van der Waals surface area contributed by atoms with E-state index in [1.807, 2.05) is 13.8 Å². The Hall–Kier alpha value is -3.59. The normalized spacial score (nSPS) is 25.6. The smallest absolute Gasteiger partial charge is 0.317 e. The molecule has 537 valence electrons. The van der Waals surface area contributed by atoms with E-state index in [2.05, 4.69) is 160 Å². The number of amides is 2. The molecule has 0 unspecified atom stereocenters. The number of hydrogen-bond donors (Lipinski definition) is 6. The van der Waals surface area contributed by atoms with Crippen LogP contribution in [0.3, 0.4) is 0 Å². The molecule has 4 aromatic rings. The fourth-order valence-electron chi connectivity index (χ4n) is 12.9. The third kappa shape index (κ3) is 26.7. The van der Waals surface area contributed by atoms with E-state index >= 15 is 0 Å². The maximum Gasteiger partial charge on any atom is 0.317 e. The number of β-amino-alcohol motifs (C(OH)–C–C–N with tert-alkyl or cyclic N) is 2. The Morgan fingerprint density at radius 3 is 1.51 bits per heavy atom. The van der Waals surface area contributed by atoms with Gasteiger partial charge in [-0.1, -0.05) is 86.3 Å². The summed E-state index contributed by atoms with van der Waals surface area (Å²) < 4.78 is 26.2. The van der Waals surface area contributed by atoms with Crippen LogP contribution < -0.4 is 16.0 Å². The van der Waals surface area contributed by atoms with Gasteiger partial charge >= 0.3 is 5.37 Å². The largest absolute Gasteiger partial charge is 0.388 e. The van der Waals surface area contributed by atoms with Crippen LogP contribution in [0.4, 0.5) is 10.6 Å². The zero-order valence-corrected chi connectivity index (χ0v) is 61.4. The number of hydrogen-bond acceptors (Lipinski definition) is 17. The molecule has 1 spiro atoms. The maximum atomic E-state index is 12.2. The van der Waals surface area contributed by atoms with Crippen LogP contribution in [0.15, 0.2) is 97.2 Å². The van der Waals surface area contributed by atoms with Gasteiger partial charge in [0.25, 0.3) is 5.91 Å². The minimum atomic E-state index is -0.602. The standard InChI is InChI=1S/C19H30N2O2.C14H14ClN5O2.C13H20N2.C12H24N2O2.C6H10O2.C6H10O.CH2Cl2.CH4.V/c1-16-13-21(15-19(22)8-10-23-11-9-19)17(2)12-20(16)14-18-6-4-3-5-7-18;1-14(2)10-8(7-20(14)13(15)22)11(19-18-10)17-12(21)9-5-3-4-6-16-9;1-11-9-15(12(2)8-14-11)10-13-6-4-3-5-7-13;1-10-8-14(11(2)7-13-10)9-12(15)3-5-16-6-4-12;1-3-7-4-2-6(1)5-8-6;1-6-2-4-7-5-3-6;2-1-3;;/h3-7,16-17,22H,8-15H2,1-2H3;3-6H,7H2,1-2H3,(H2,17,18,19,21);3-7,11-12,14H,8-10H2,1-2H3;10-11,13,15H,3-9H2,1-2H3;1-5H2;1-5H2;1H2;1H4;/t16-,17+;;11-,12+;10-,11+;;;;;/m0.10...../s1. The van der Waals surface area contributed by atoms with Crippen LogP contribution in [0, 0.1) is 0 Å². The Morgan fingerprint density at radius 1 is 0.635 bits per heavy atom. The number of pyridine rings is 1. The maximum absolute atomic E-state index is 12.2. The van der Waals surface area contributed by atoms with Gasteiger partial charge in [0.2, 0.25) is 0 Å². The van der Waals surface area contributed by atoms with Crippen LogP contribution in [0.1, 0.15) is 147 Å². The van der Waals surface area contributed by atoms with E-state index in [4.69, 9.17) is 58.5 Å². The number of alkyl halides is 2. The summed E-state index contributed by atoms with van der Waals surface area (Å²) >= 11 is 15.2. The zero-order valence-electron chi connectivity index (χ0n) is 57.7. The summed E-state index contributed by atoms with van der Waals surface area (Å²) in [6.45, 7) is 38.8. The predicted molar refractivity (Wildman–Crippen MR) is 381 cm³/mol. The first-order valence-electron chi connectivity index (χ1n) is 34.0. The third-order valence-electron chi connectivity index (χ3n) is 19.3. The van der Waals surface area contributed by atoms with Crippen molar-refractivity contribution in [3.05, 3.63) is 125 Å². The molecular weight excluding hydrogens is 1320 g/mol. The Kier molecular flexibility index (Phi) is 35.8. The number of aliphatic hydroxyl groups is 2. The first-order valence-corrected chi connectivity index (χ1v) is 35.4. The molecule has 2 aromatic carbocycles. The van der Waals surface area contributed by atoms with Crippen molar-refractivity contribution in [2.75, 3.05) is 122 Å². The Morgan fingerprint density at radius 2 is 1.06 bits per heavy atom. The summed E-state index contributed by atoms with van der Waals surface area (Å²) in [5.74, 6) is 0.0301. The molecule has 6 atom stereocenters. The Balaban J connectivity index is 0.000000213. The average molecular weight is 1440 g/mol. The van der Waals surface area contributed by atoms with Gasteiger partial charge < -0.3 is 54.7 Å². The van der Waals surface area contributed by atoms with Crippen molar-refractivity contribution in [3.63, 3.8) is 0 Å². The number of halogens is 3. The summed E-state index contributed by atoms with van der Waals surface area (Å²) in [6, 6.07) is 29.8. The topological polar surface area (TPSA) is 218 Å². The van der Waals surface area contributed by atoms with Gasteiger partial charge in [-0.15, -0.1) is 23.2 Å².